The molecule has 4 nitrogen and oxygen atoms in total. The third-order valence-electron chi connectivity index (χ3n) is 4.56. The molecule has 0 aromatic rings. The molecule has 0 aliphatic heterocycles. The van der Waals surface area contributed by atoms with Crippen LogP contribution in [0.2, 0.25) is 0 Å². The maximum absolute atomic E-state index is 5.13. The summed E-state index contributed by atoms with van der Waals surface area (Å²) in [5, 5.41) is 9.25. The number of hydrogen-bond acceptors (Lipinski definition) is 4. The Balaban J connectivity index is 1.31. The molecule has 1 fully saturated rings. The van der Waals surface area contributed by atoms with Gasteiger partial charge in [-0.25, -0.2) is 4.89 Å². The first-order valence-corrected chi connectivity index (χ1v) is 8.74. The summed E-state index contributed by atoms with van der Waals surface area (Å²) in [5.74, 6) is 2.14. The fraction of sp³-hybridized carbons (Fsp3) is 0.882. The van der Waals surface area contributed by atoms with Gasteiger partial charge in [0.2, 0.25) is 0 Å². The largest absolute Gasteiger partial charge is 0.311 e. The van der Waals surface area contributed by atoms with E-state index in [1.54, 1.807) is 0 Å². The fourth-order valence-corrected chi connectivity index (χ4v) is 3.29. The van der Waals surface area contributed by atoms with Crippen LogP contribution in [0.3, 0.4) is 0 Å². The van der Waals surface area contributed by atoms with E-state index in [1.807, 2.05) is 0 Å². The van der Waals surface area contributed by atoms with Crippen molar-refractivity contribution in [3.05, 3.63) is 11.8 Å². The van der Waals surface area contributed by atoms with Crippen LogP contribution in [-0.2, 0) is 19.9 Å². The summed E-state index contributed by atoms with van der Waals surface area (Å²) >= 11 is 0. The van der Waals surface area contributed by atoms with E-state index < -0.39 is 0 Å². The van der Waals surface area contributed by atoms with Crippen molar-refractivity contribution in [3.8, 4) is 0 Å². The normalized spacial score (nSPS) is 23.6. The van der Waals surface area contributed by atoms with Crippen molar-refractivity contribution in [2.45, 2.75) is 77.6 Å². The molecule has 0 saturated heterocycles. The SMILES string of the molecule is CCCCCCCCCCOOOOC1=CC2CCC1C2. The highest BCUT2D eigenvalue weighted by Gasteiger charge is 2.35. The van der Waals surface area contributed by atoms with Crippen molar-refractivity contribution < 1.29 is 19.9 Å². The summed E-state index contributed by atoms with van der Waals surface area (Å²) in [6.45, 7) is 2.81. The van der Waals surface area contributed by atoms with Gasteiger partial charge in [0.1, 0.15) is 5.76 Å². The monoisotopic (exact) mass is 298 g/mol. The Morgan fingerprint density at radius 1 is 0.952 bits per heavy atom. The fourth-order valence-electron chi connectivity index (χ4n) is 3.29. The molecule has 0 radical (unpaired) electrons. The summed E-state index contributed by atoms with van der Waals surface area (Å²) in [7, 11) is 0. The van der Waals surface area contributed by atoms with Crippen LogP contribution in [0.25, 0.3) is 0 Å². The lowest BCUT2D eigenvalue weighted by molar-refractivity contribution is -0.626. The second-order valence-electron chi connectivity index (χ2n) is 6.36. The van der Waals surface area contributed by atoms with Gasteiger partial charge in [0.05, 0.1) is 6.61 Å². The highest BCUT2D eigenvalue weighted by Crippen LogP contribution is 2.43. The second-order valence-corrected chi connectivity index (χ2v) is 6.36. The first-order valence-electron chi connectivity index (χ1n) is 8.74. The van der Waals surface area contributed by atoms with E-state index in [-0.39, 0.29) is 0 Å². The first-order chi connectivity index (χ1) is 10.4. The molecule has 4 heteroatoms. The van der Waals surface area contributed by atoms with E-state index in [0.29, 0.717) is 18.4 Å². The Morgan fingerprint density at radius 2 is 1.71 bits per heavy atom. The molecule has 0 N–H and O–H groups in total. The summed E-state index contributed by atoms with van der Waals surface area (Å²) < 4.78 is 0. The van der Waals surface area contributed by atoms with Crippen molar-refractivity contribution in [2.75, 3.05) is 6.61 Å². The summed E-state index contributed by atoms with van der Waals surface area (Å²) in [6, 6.07) is 0. The molecule has 2 rings (SSSR count). The van der Waals surface area contributed by atoms with Gasteiger partial charge >= 0.3 is 0 Å². The zero-order chi connectivity index (χ0) is 14.8. The van der Waals surface area contributed by atoms with Crippen LogP contribution in [0, 0.1) is 11.8 Å². The lowest BCUT2D eigenvalue weighted by atomic mass is 10.1. The molecule has 0 spiro atoms. The van der Waals surface area contributed by atoms with Gasteiger partial charge < -0.3 is 4.89 Å². The third-order valence-corrected chi connectivity index (χ3v) is 4.56. The molecule has 1 saturated carbocycles. The van der Waals surface area contributed by atoms with E-state index >= 15 is 0 Å². The van der Waals surface area contributed by atoms with Crippen LogP contribution in [0.4, 0.5) is 0 Å². The Bertz CT molecular complexity index is 303. The van der Waals surface area contributed by atoms with Gasteiger partial charge in [-0.3, -0.25) is 0 Å². The molecule has 2 aliphatic carbocycles. The molecule has 2 aliphatic rings. The Labute approximate surface area is 128 Å². The Kier molecular flexibility index (Phi) is 8.15. The van der Waals surface area contributed by atoms with E-state index in [1.165, 1.54) is 64.2 Å². The number of allylic oxidation sites excluding steroid dienone is 2. The molecule has 0 amide bonds. The highest BCUT2D eigenvalue weighted by atomic mass is 17.7. The molecule has 0 heterocycles. The second kappa shape index (κ2) is 10.2. The Hall–Kier alpha value is -0.580. The van der Waals surface area contributed by atoms with Gasteiger partial charge in [-0.05, 0) is 42.7 Å². The maximum atomic E-state index is 5.13. The molecule has 0 aromatic carbocycles. The average molecular weight is 298 g/mol. The summed E-state index contributed by atoms with van der Waals surface area (Å²) in [5.41, 5.74) is 0. The highest BCUT2D eigenvalue weighted by molar-refractivity contribution is 5.13. The minimum absolute atomic E-state index is 0.534. The minimum Gasteiger partial charge on any atom is -0.311 e. The lowest BCUT2D eigenvalue weighted by Crippen LogP contribution is -2.05. The van der Waals surface area contributed by atoms with Gasteiger partial charge in [0.15, 0.2) is 0 Å². The van der Waals surface area contributed by atoms with Gasteiger partial charge in [-0.2, -0.15) is 0 Å². The lowest BCUT2D eigenvalue weighted by Gasteiger charge is -2.11. The molecular formula is C17H30O4. The average Bonchev–Trinajstić information content (AvgIpc) is 3.11. The standard InChI is InChI=1S/C17H30O4/c1-2-3-4-5-6-7-8-9-12-18-20-21-19-17-14-15-10-11-16(17)13-15/h14-16H,2-13H2,1H3. The van der Waals surface area contributed by atoms with Crippen LogP contribution >= 0.6 is 0 Å². The van der Waals surface area contributed by atoms with Crippen molar-refractivity contribution in [2.24, 2.45) is 11.8 Å². The quantitative estimate of drug-likeness (QED) is 0.264. The van der Waals surface area contributed by atoms with Gasteiger partial charge in [0.25, 0.3) is 0 Å². The van der Waals surface area contributed by atoms with Crippen LogP contribution in [-0.4, -0.2) is 6.61 Å². The molecule has 2 bridgehead atoms. The molecule has 21 heavy (non-hydrogen) atoms. The first kappa shape index (κ1) is 16.8. The van der Waals surface area contributed by atoms with E-state index in [0.717, 1.165) is 12.2 Å². The summed E-state index contributed by atoms with van der Waals surface area (Å²) in [4.78, 5) is 10.1. The number of rotatable bonds is 13. The molecule has 0 aromatic heterocycles. The predicted octanol–water partition coefficient (Wildman–Crippen LogP) is 5.25. The zero-order valence-corrected chi connectivity index (χ0v) is 13.4. The molecule has 122 valence electrons. The topological polar surface area (TPSA) is 36.9 Å². The maximum Gasteiger partial charge on any atom is 0.145 e. The van der Waals surface area contributed by atoms with Gasteiger partial charge in [0, 0.05) is 11.0 Å². The van der Waals surface area contributed by atoms with Crippen molar-refractivity contribution in [1.29, 1.82) is 0 Å². The van der Waals surface area contributed by atoms with Crippen LogP contribution in [0.15, 0.2) is 11.8 Å². The number of fused-ring (bicyclic) bond motifs is 2. The van der Waals surface area contributed by atoms with Gasteiger partial charge in [-0.15, -0.1) is 0 Å². The van der Waals surface area contributed by atoms with E-state index in [2.05, 4.69) is 23.1 Å². The number of hydrogen-bond donors (Lipinski definition) is 0. The van der Waals surface area contributed by atoms with E-state index in [9.17, 15) is 0 Å². The minimum atomic E-state index is 0.534. The smallest absolute Gasteiger partial charge is 0.145 e. The molecule has 2 atom stereocenters. The number of unbranched alkanes of at least 4 members (excludes halogenated alkanes) is 7. The predicted molar refractivity (Wildman–Crippen MR) is 80.7 cm³/mol. The van der Waals surface area contributed by atoms with Crippen LogP contribution in [0.1, 0.15) is 77.6 Å². The van der Waals surface area contributed by atoms with Crippen molar-refractivity contribution in [3.63, 3.8) is 0 Å². The van der Waals surface area contributed by atoms with Crippen molar-refractivity contribution >= 4 is 0 Å². The third kappa shape index (κ3) is 6.37. The summed E-state index contributed by atoms with van der Waals surface area (Å²) in [6.07, 6.45) is 16.1. The van der Waals surface area contributed by atoms with Gasteiger partial charge in [-0.1, -0.05) is 51.9 Å². The van der Waals surface area contributed by atoms with Crippen LogP contribution in [0.5, 0.6) is 0 Å². The van der Waals surface area contributed by atoms with E-state index in [4.69, 9.17) is 9.78 Å². The Morgan fingerprint density at radius 3 is 2.38 bits per heavy atom. The zero-order valence-electron chi connectivity index (χ0n) is 13.4. The van der Waals surface area contributed by atoms with Crippen LogP contribution < -0.4 is 0 Å². The van der Waals surface area contributed by atoms with Crippen molar-refractivity contribution in [1.82, 2.24) is 0 Å². The molecule has 2 unspecified atom stereocenters. The molecular weight excluding hydrogens is 268 g/mol.